The van der Waals surface area contributed by atoms with Gasteiger partial charge in [0.05, 0.1) is 24.3 Å². The molecule has 0 unspecified atom stereocenters. The van der Waals surface area contributed by atoms with Crippen molar-refractivity contribution in [3.63, 3.8) is 0 Å². The van der Waals surface area contributed by atoms with E-state index in [2.05, 4.69) is 27.6 Å². The molecule has 4 rings (SSSR count). The number of carbonyl (C=O) groups is 1. The second kappa shape index (κ2) is 9.03. The molecule has 0 fully saturated rings. The van der Waals surface area contributed by atoms with Gasteiger partial charge in [0.1, 0.15) is 5.75 Å². The first-order valence-electron chi connectivity index (χ1n) is 10.5. The van der Waals surface area contributed by atoms with Crippen molar-refractivity contribution in [3.8, 4) is 5.75 Å². The normalized spacial score (nSPS) is 11.5. The highest BCUT2D eigenvalue weighted by Gasteiger charge is 2.19. The third-order valence-corrected chi connectivity index (χ3v) is 6.71. The van der Waals surface area contributed by atoms with Crippen LogP contribution >= 0.6 is 0 Å². The fourth-order valence-electron chi connectivity index (χ4n) is 3.90. The van der Waals surface area contributed by atoms with Crippen LogP contribution in [0.3, 0.4) is 0 Å². The molecule has 4 aromatic rings. The number of hydrogen-bond donors (Lipinski definition) is 2. The number of carbonyl (C=O) groups excluding carboxylic acids is 1. The van der Waals surface area contributed by atoms with E-state index in [1.54, 1.807) is 13.0 Å². The van der Waals surface area contributed by atoms with Crippen LogP contribution in [0.5, 0.6) is 5.75 Å². The molecular weight excluding hydrogens is 442 g/mol. The number of amides is 1. The summed E-state index contributed by atoms with van der Waals surface area (Å²) in [6.07, 6.45) is -0.698. The number of benzene rings is 3. The summed E-state index contributed by atoms with van der Waals surface area (Å²) >= 11 is 0. The van der Waals surface area contributed by atoms with Gasteiger partial charge >= 0.3 is 6.09 Å². The van der Waals surface area contributed by atoms with Gasteiger partial charge in [0, 0.05) is 34.0 Å². The third kappa shape index (κ3) is 4.31. The maximum absolute atomic E-state index is 13.1. The summed E-state index contributed by atoms with van der Waals surface area (Å²) in [4.78, 5) is 11.8. The molecule has 172 valence electrons. The summed E-state index contributed by atoms with van der Waals surface area (Å²) < 4.78 is 41.2. The Hall–Kier alpha value is -3.72. The van der Waals surface area contributed by atoms with Gasteiger partial charge in [-0.1, -0.05) is 18.2 Å². The standard InChI is InChI=1S/C24H25N3O5S/c1-4-27-21-9-7-6-8-18(21)19-14-16(10-12-22(19)27)26-33(29,30)17-11-13-23(31-3)20(15-17)25-24(28)32-5-2/h6-15,26H,4-5H2,1-3H3,(H,25,28). The highest BCUT2D eigenvalue weighted by molar-refractivity contribution is 7.92. The quantitative estimate of drug-likeness (QED) is 0.390. The number of anilines is 2. The van der Waals surface area contributed by atoms with Crippen LogP contribution in [0.25, 0.3) is 21.8 Å². The Morgan fingerprint density at radius 2 is 1.73 bits per heavy atom. The summed E-state index contributed by atoms with van der Waals surface area (Å²) in [7, 11) is -2.50. The Balaban J connectivity index is 1.70. The molecule has 0 aliphatic carbocycles. The minimum Gasteiger partial charge on any atom is -0.495 e. The topological polar surface area (TPSA) is 98.7 Å². The second-order valence-electron chi connectivity index (χ2n) is 7.31. The zero-order chi connectivity index (χ0) is 23.6. The molecule has 8 nitrogen and oxygen atoms in total. The van der Waals surface area contributed by atoms with E-state index in [1.165, 1.54) is 25.3 Å². The van der Waals surface area contributed by atoms with Gasteiger partial charge in [-0.15, -0.1) is 0 Å². The molecule has 0 aliphatic rings. The van der Waals surface area contributed by atoms with Crippen molar-refractivity contribution in [3.05, 3.63) is 60.7 Å². The molecule has 3 aromatic carbocycles. The minimum absolute atomic E-state index is 0.0221. The number of hydrogen-bond acceptors (Lipinski definition) is 5. The van der Waals surface area contributed by atoms with Crippen molar-refractivity contribution in [2.45, 2.75) is 25.3 Å². The lowest BCUT2D eigenvalue weighted by molar-refractivity contribution is 0.168. The lowest BCUT2D eigenvalue weighted by atomic mass is 10.1. The monoisotopic (exact) mass is 467 g/mol. The number of aromatic nitrogens is 1. The van der Waals surface area contributed by atoms with Gasteiger partial charge in [0.15, 0.2) is 0 Å². The number of sulfonamides is 1. The van der Waals surface area contributed by atoms with Crippen LogP contribution in [0.15, 0.2) is 65.6 Å². The number of fused-ring (bicyclic) bond motifs is 3. The van der Waals surface area contributed by atoms with Gasteiger partial charge in [-0.25, -0.2) is 13.2 Å². The highest BCUT2D eigenvalue weighted by atomic mass is 32.2. The highest BCUT2D eigenvalue weighted by Crippen LogP contribution is 2.32. The Morgan fingerprint density at radius 1 is 0.970 bits per heavy atom. The van der Waals surface area contributed by atoms with Crippen molar-refractivity contribution in [2.75, 3.05) is 23.8 Å². The van der Waals surface area contributed by atoms with Crippen LogP contribution in [0.2, 0.25) is 0 Å². The van der Waals surface area contributed by atoms with Gasteiger partial charge in [-0.2, -0.15) is 0 Å². The summed E-state index contributed by atoms with van der Waals surface area (Å²) in [6, 6.07) is 17.8. The van der Waals surface area contributed by atoms with Crippen LogP contribution in [-0.4, -0.2) is 32.8 Å². The van der Waals surface area contributed by atoms with Gasteiger partial charge in [-0.05, 0) is 56.3 Å². The number of nitrogens with zero attached hydrogens (tertiary/aromatic N) is 1. The lowest BCUT2D eigenvalue weighted by Crippen LogP contribution is -2.16. The predicted octanol–water partition coefficient (Wildman–Crippen LogP) is 5.19. The molecule has 0 saturated heterocycles. The molecule has 0 bridgehead atoms. The maximum atomic E-state index is 13.1. The zero-order valence-corrected chi connectivity index (χ0v) is 19.4. The van der Waals surface area contributed by atoms with E-state index in [-0.39, 0.29) is 17.2 Å². The van der Waals surface area contributed by atoms with Crippen molar-refractivity contribution in [2.24, 2.45) is 0 Å². The maximum Gasteiger partial charge on any atom is 0.411 e. The second-order valence-corrected chi connectivity index (χ2v) is 8.99. The summed E-state index contributed by atoms with van der Waals surface area (Å²) in [5.74, 6) is 0.316. The minimum atomic E-state index is -3.93. The Labute approximate surface area is 192 Å². The molecule has 0 radical (unpaired) electrons. The molecule has 1 aromatic heterocycles. The van der Waals surface area contributed by atoms with Crippen molar-refractivity contribution in [1.82, 2.24) is 4.57 Å². The van der Waals surface area contributed by atoms with Crippen molar-refractivity contribution in [1.29, 1.82) is 0 Å². The molecule has 1 heterocycles. The number of para-hydroxylation sites is 1. The smallest absolute Gasteiger partial charge is 0.411 e. The number of rotatable bonds is 7. The average molecular weight is 468 g/mol. The molecule has 2 N–H and O–H groups in total. The van der Waals surface area contributed by atoms with E-state index in [1.807, 2.05) is 30.3 Å². The van der Waals surface area contributed by atoms with Crippen LogP contribution in [0, 0.1) is 0 Å². The predicted molar refractivity (Wildman–Crippen MR) is 130 cm³/mol. The molecular formula is C24H25N3O5S. The van der Waals surface area contributed by atoms with Gasteiger partial charge < -0.3 is 14.0 Å². The summed E-state index contributed by atoms with van der Waals surface area (Å²) in [6.45, 7) is 4.74. The van der Waals surface area contributed by atoms with Gasteiger partial charge in [0.25, 0.3) is 10.0 Å². The number of aryl methyl sites for hydroxylation is 1. The van der Waals surface area contributed by atoms with Crippen LogP contribution in [-0.2, 0) is 21.3 Å². The first-order chi connectivity index (χ1) is 15.9. The lowest BCUT2D eigenvalue weighted by Gasteiger charge is -2.13. The van der Waals surface area contributed by atoms with E-state index in [4.69, 9.17) is 9.47 Å². The largest absolute Gasteiger partial charge is 0.495 e. The van der Waals surface area contributed by atoms with Crippen molar-refractivity contribution < 1.29 is 22.7 Å². The number of nitrogens with one attached hydrogen (secondary N) is 2. The summed E-state index contributed by atoms with van der Waals surface area (Å²) in [5.41, 5.74) is 2.77. The fourth-order valence-corrected chi connectivity index (χ4v) is 4.98. The average Bonchev–Trinajstić information content (AvgIpc) is 3.12. The fraction of sp³-hybridized carbons (Fsp3) is 0.208. The van der Waals surface area contributed by atoms with E-state index in [0.717, 1.165) is 28.4 Å². The first-order valence-corrected chi connectivity index (χ1v) is 12.0. The van der Waals surface area contributed by atoms with E-state index in [0.29, 0.717) is 11.4 Å². The van der Waals surface area contributed by atoms with E-state index in [9.17, 15) is 13.2 Å². The molecule has 0 atom stereocenters. The Morgan fingerprint density at radius 3 is 2.45 bits per heavy atom. The molecule has 0 aliphatic heterocycles. The van der Waals surface area contributed by atoms with Gasteiger partial charge in [-0.3, -0.25) is 10.0 Å². The number of ether oxygens (including phenoxy) is 2. The Bertz CT molecular complexity index is 1440. The first kappa shape index (κ1) is 22.5. The third-order valence-electron chi connectivity index (χ3n) is 5.33. The van der Waals surface area contributed by atoms with Crippen molar-refractivity contribution >= 4 is 49.3 Å². The number of methoxy groups -OCH3 is 1. The van der Waals surface area contributed by atoms with E-state index < -0.39 is 16.1 Å². The SMILES string of the molecule is CCOC(=O)Nc1cc(S(=O)(=O)Nc2ccc3c(c2)c2ccccc2n3CC)ccc1OC. The Kier molecular flexibility index (Phi) is 6.15. The van der Waals surface area contributed by atoms with Crippen LogP contribution in [0.1, 0.15) is 13.8 Å². The molecule has 33 heavy (non-hydrogen) atoms. The molecule has 0 saturated carbocycles. The molecule has 0 spiro atoms. The van der Waals surface area contributed by atoms with Gasteiger partial charge in [0.2, 0.25) is 0 Å². The molecule has 1 amide bonds. The summed E-state index contributed by atoms with van der Waals surface area (Å²) in [5, 5.41) is 4.53. The van der Waals surface area contributed by atoms with Crippen LogP contribution < -0.4 is 14.8 Å². The zero-order valence-electron chi connectivity index (χ0n) is 18.6. The van der Waals surface area contributed by atoms with E-state index >= 15 is 0 Å². The molecule has 9 heteroatoms. The van der Waals surface area contributed by atoms with Crippen LogP contribution in [0.4, 0.5) is 16.2 Å².